The number of hydrogen-bond acceptors (Lipinski definition) is 2. The lowest BCUT2D eigenvalue weighted by Crippen LogP contribution is -2.12. The van der Waals surface area contributed by atoms with Gasteiger partial charge in [0.05, 0.1) is 10.6 Å². The molecule has 0 radical (unpaired) electrons. The summed E-state index contributed by atoms with van der Waals surface area (Å²) in [5.74, 6) is 0.912. The van der Waals surface area contributed by atoms with E-state index in [9.17, 15) is 0 Å². The summed E-state index contributed by atoms with van der Waals surface area (Å²) in [5, 5.41) is 0. The molecule has 1 aromatic carbocycles. The van der Waals surface area contributed by atoms with E-state index in [1.165, 1.54) is 25.7 Å². The van der Waals surface area contributed by atoms with E-state index in [0.29, 0.717) is 6.54 Å². The largest absolute Gasteiger partial charge is 0.490 e. The molecule has 102 valence electrons. The number of nitrogens with two attached hydrogens (primary N) is 1. The van der Waals surface area contributed by atoms with E-state index in [4.69, 9.17) is 10.5 Å². The Balaban J connectivity index is 2.41. The predicted molar refractivity (Wildman–Crippen MR) is 80.9 cm³/mol. The number of hydrogen-bond donors (Lipinski definition) is 1. The SMILES string of the molecule is CCCCCCC(C)Oc1ccc(CN)cc1Br. The molecule has 3 heteroatoms. The van der Waals surface area contributed by atoms with Crippen LogP contribution >= 0.6 is 15.9 Å². The predicted octanol–water partition coefficient (Wildman–Crippen LogP) is 4.65. The summed E-state index contributed by atoms with van der Waals surface area (Å²) < 4.78 is 6.93. The Morgan fingerprint density at radius 2 is 2.06 bits per heavy atom. The third-order valence-electron chi connectivity index (χ3n) is 3.02. The van der Waals surface area contributed by atoms with Gasteiger partial charge < -0.3 is 10.5 Å². The second-order valence-corrected chi connectivity index (χ2v) is 5.60. The third kappa shape index (κ3) is 5.40. The molecule has 1 atom stereocenters. The highest BCUT2D eigenvalue weighted by Crippen LogP contribution is 2.27. The van der Waals surface area contributed by atoms with Crippen LogP contribution in [0.5, 0.6) is 5.75 Å². The Hall–Kier alpha value is -0.540. The van der Waals surface area contributed by atoms with Crippen LogP contribution in [-0.2, 0) is 6.54 Å². The highest BCUT2D eigenvalue weighted by molar-refractivity contribution is 9.10. The van der Waals surface area contributed by atoms with Crippen LogP contribution in [0.4, 0.5) is 0 Å². The van der Waals surface area contributed by atoms with Crippen LogP contribution in [0.25, 0.3) is 0 Å². The molecule has 18 heavy (non-hydrogen) atoms. The molecule has 0 bridgehead atoms. The van der Waals surface area contributed by atoms with Crippen molar-refractivity contribution in [2.75, 3.05) is 0 Å². The van der Waals surface area contributed by atoms with Crippen molar-refractivity contribution >= 4 is 15.9 Å². The molecule has 1 aromatic rings. The third-order valence-corrected chi connectivity index (χ3v) is 3.64. The smallest absolute Gasteiger partial charge is 0.133 e. The summed E-state index contributed by atoms with van der Waals surface area (Å²) in [5.41, 5.74) is 6.72. The zero-order valence-electron chi connectivity index (χ0n) is 11.4. The van der Waals surface area contributed by atoms with Gasteiger partial charge in [-0.25, -0.2) is 0 Å². The van der Waals surface area contributed by atoms with Gasteiger partial charge in [-0.05, 0) is 53.4 Å². The highest BCUT2D eigenvalue weighted by Gasteiger charge is 2.07. The minimum Gasteiger partial charge on any atom is -0.490 e. The fourth-order valence-electron chi connectivity index (χ4n) is 1.90. The zero-order chi connectivity index (χ0) is 13.4. The van der Waals surface area contributed by atoms with Crippen molar-refractivity contribution in [1.82, 2.24) is 0 Å². The summed E-state index contributed by atoms with van der Waals surface area (Å²) >= 11 is 3.53. The average molecular weight is 314 g/mol. The van der Waals surface area contributed by atoms with Gasteiger partial charge >= 0.3 is 0 Å². The van der Waals surface area contributed by atoms with E-state index in [2.05, 4.69) is 29.8 Å². The van der Waals surface area contributed by atoms with Gasteiger partial charge in [-0.15, -0.1) is 0 Å². The Labute approximate surface area is 119 Å². The van der Waals surface area contributed by atoms with Gasteiger partial charge in [0, 0.05) is 6.54 Å². The molecule has 1 rings (SSSR count). The van der Waals surface area contributed by atoms with Crippen LogP contribution in [0, 0.1) is 0 Å². The van der Waals surface area contributed by atoms with Crippen molar-refractivity contribution in [3.8, 4) is 5.75 Å². The molecular formula is C15H24BrNO. The second-order valence-electron chi connectivity index (χ2n) is 4.75. The van der Waals surface area contributed by atoms with Crippen molar-refractivity contribution in [2.24, 2.45) is 5.73 Å². The van der Waals surface area contributed by atoms with Gasteiger partial charge in [-0.2, -0.15) is 0 Å². The number of ether oxygens (including phenoxy) is 1. The average Bonchev–Trinajstić information content (AvgIpc) is 2.37. The fourth-order valence-corrected chi connectivity index (χ4v) is 2.42. The first-order valence-corrected chi connectivity index (χ1v) is 7.61. The van der Waals surface area contributed by atoms with Crippen molar-refractivity contribution in [3.05, 3.63) is 28.2 Å². The summed E-state index contributed by atoms with van der Waals surface area (Å²) in [7, 11) is 0. The number of rotatable bonds is 8. The Morgan fingerprint density at radius 1 is 1.28 bits per heavy atom. The summed E-state index contributed by atoms with van der Waals surface area (Å²) in [4.78, 5) is 0. The van der Waals surface area contributed by atoms with Crippen LogP contribution in [0.15, 0.2) is 22.7 Å². The molecule has 0 amide bonds. The highest BCUT2D eigenvalue weighted by atomic mass is 79.9. The van der Waals surface area contributed by atoms with E-state index in [1.807, 2.05) is 18.2 Å². The van der Waals surface area contributed by atoms with Crippen LogP contribution in [0.3, 0.4) is 0 Å². The van der Waals surface area contributed by atoms with Crippen molar-refractivity contribution in [1.29, 1.82) is 0 Å². The van der Waals surface area contributed by atoms with Crippen molar-refractivity contribution in [2.45, 2.75) is 58.6 Å². The monoisotopic (exact) mass is 313 g/mol. The first-order valence-electron chi connectivity index (χ1n) is 6.82. The van der Waals surface area contributed by atoms with E-state index in [1.54, 1.807) is 0 Å². The molecule has 1 unspecified atom stereocenters. The van der Waals surface area contributed by atoms with Crippen LogP contribution in [0.2, 0.25) is 0 Å². The van der Waals surface area contributed by atoms with Gasteiger partial charge in [0.1, 0.15) is 5.75 Å². The molecule has 0 aliphatic heterocycles. The van der Waals surface area contributed by atoms with E-state index < -0.39 is 0 Å². The molecule has 0 aromatic heterocycles. The topological polar surface area (TPSA) is 35.2 Å². The molecule has 2 N–H and O–H groups in total. The molecule has 0 saturated carbocycles. The Morgan fingerprint density at radius 3 is 2.67 bits per heavy atom. The molecule has 0 spiro atoms. The van der Waals surface area contributed by atoms with Gasteiger partial charge in [0.25, 0.3) is 0 Å². The molecule has 0 heterocycles. The van der Waals surface area contributed by atoms with Crippen LogP contribution in [-0.4, -0.2) is 6.10 Å². The molecule has 0 aliphatic carbocycles. The molecule has 0 aliphatic rings. The lowest BCUT2D eigenvalue weighted by Gasteiger charge is -2.16. The summed E-state index contributed by atoms with van der Waals surface area (Å²) in [6, 6.07) is 6.04. The Bertz CT molecular complexity index is 354. The van der Waals surface area contributed by atoms with Crippen molar-refractivity contribution < 1.29 is 4.74 Å². The molecular weight excluding hydrogens is 290 g/mol. The minimum atomic E-state index is 0.266. The van der Waals surface area contributed by atoms with Crippen LogP contribution in [0.1, 0.15) is 51.5 Å². The van der Waals surface area contributed by atoms with Crippen LogP contribution < -0.4 is 10.5 Å². The maximum absolute atomic E-state index is 5.94. The molecule has 0 saturated heterocycles. The summed E-state index contributed by atoms with van der Waals surface area (Å²) in [6.07, 6.45) is 6.53. The normalized spacial score (nSPS) is 12.4. The number of benzene rings is 1. The quantitative estimate of drug-likeness (QED) is 0.709. The first kappa shape index (κ1) is 15.5. The van der Waals surface area contributed by atoms with Gasteiger partial charge in [-0.3, -0.25) is 0 Å². The lowest BCUT2D eigenvalue weighted by molar-refractivity contribution is 0.205. The van der Waals surface area contributed by atoms with Gasteiger partial charge in [-0.1, -0.05) is 32.3 Å². The molecule has 2 nitrogen and oxygen atoms in total. The maximum Gasteiger partial charge on any atom is 0.133 e. The number of unbranched alkanes of at least 4 members (excludes halogenated alkanes) is 3. The Kier molecular flexibility index (Phi) is 7.36. The second kappa shape index (κ2) is 8.54. The fraction of sp³-hybridized carbons (Fsp3) is 0.600. The first-order chi connectivity index (χ1) is 8.67. The van der Waals surface area contributed by atoms with E-state index >= 15 is 0 Å². The summed E-state index contributed by atoms with van der Waals surface area (Å²) in [6.45, 7) is 4.93. The standard InChI is InChI=1S/C15H24BrNO/c1-3-4-5-6-7-12(2)18-15-9-8-13(11-17)10-14(15)16/h8-10,12H,3-7,11,17H2,1-2H3. The van der Waals surface area contributed by atoms with Crippen molar-refractivity contribution in [3.63, 3.8) is 0 Å². The maximum atomic E-state index is 5.94. The van der Waals surface area contributed by atoms with E-state index in [-0.39, 0.29) is 6.10 Å². The minimum absolute atomic E-state index is 0.266. The van der Waals surface area contributed by atoms with Gasteiger partial charge in [0.15, 0.2) is 0 Å². The van der Waals surface area contributed by atoms with Gasteiger partial charge in [0.2, 0.25) is 0 Å². The lowest BCUT2D eigenvalue weighted by atomic mass is 10.1. The number of halogens is 1. The van der Waals surface area contributed by atoms with E-state index in [0.717, 1.165) is 22.2 Å². The zero-order valence-corrected chi connectivity index (χ0v) is 13.0. The molecule has 0 fully saturated rings.